The summed E-state index contributed by atoms with van der Waals surface area (Å²) in [7, 11) is 0. The fourth-order valence-corrected chi connectivity index (χ4v) is 5.75. The largest absolute Gasteiger partial charge is 0.465 e. The van der Waals surface area contributed by atoms with Crippen LogP contribution in [0.2, 0.25) is 5.02 Å². The number of amides is 5. The van der Waals surface area contributed by atoms with Crippen LogP contribution in [-0.4, -0.2) is 77.0 Å². The Morgan fingerprint density at radius 2 is 1.76 bits per heavy atom. The van der Waals surface area contributed by atoms with Crippen LogP contribution in [0.4, 0.5) is 21.0 Å². The lowest BCUT2D eigenvalue weighted by Crippen LogP contribution is -2.52. The molecule has 0 unspecified atom stereocenters. The van der Waals surface area contributed by atoms with Crippen molar-refractivity contribution in [3.63, 3.8) is 0 Å². The maximum atomic E-state index is 13.9. The minimum atomic E-state index is -1.24. The number of ether oxygens (including phenoxy) is 1. The van der Waals surface area contributed by atoms with E-state index in [1.165, 1.54) is 29.2 Å². The minimum absolute atomic E-state index is 0.0342. The van der Waals surface area contributed by atoms with Gasteiger partial charge in [0.1, 0.15) is 6.04 Å². The fraction of sp³-hybridized carbons (Fsp3) is 0.393. The minimum Gasteiger partial charge on any atom is -0.465 e. The molecule has 5 rings (SSSR count). The molecular formula is C28H30ClN5O7. The highest BCUT2D eigenvalue weighted by Gasteiger charge is 2.49. The summed E-state index contributed by atoms with van der Waals surface area (Å²) in [6, 6.07) is 9.57. The number of benzene rings is 2. The lowest BCUT2D eigenvalue weighted by atomic mass is 9.90. The highest BCUT2D eigenvalue weighted by Crippen LogP contribution is 2.44. The summed E-state index contributed by atoms with van der Waals surface area (Å²) in [5.41, 5.74) is 0.557. The summed E-state index contributed by atoms with van der Waals surface area (Å²) in [5.74, 6) is -1.29. The van der Waals surface area contributed by atoms with Gasteiger partial charge in [-0.15, -0.1) is 0 Å². The zero-order chi connectivity index (χ0) is 29.1. The van der Waals surface area contributed by atoms with Crippen molar-refractivity contribution >= 4 is 52.9 Å². The van der Waals surface area contributed by atoms with Gasteiger partial charge in [0.2, 0.25) is 11.8 Å². The van der Waals surface area contributed by atoms with Crippen LogP contribution in [0.1, 0.15) is 48.0 Å². The Labute approximate surface area is 240 Å². The van der Waals surface area contributed by atoms with Gasteiger partial charge in [0.15, 0.2) is 5.60 Å². The van der Waals surface area contributed by atoms with Gasteiger partial charge in [0, 0.05) is 47.9 Å². The highest BCUT2D eigenvalue weighted by molar-refractivity contribution is 6.30. The summed E-state index contributed by atoms with van der Waals surface area (Å²) in [5, 5.41) is 16.9. The van der Waals surface area contributed by atoms with Gasteiger partial charge in [-0.1, -0.05) is 11.6 Å². The molecule has 0 bridgehead atoms. The third-order valence-electron chi connectivity index (χ3n) is 7.63. The second-order valence-electron chi connectivity index (χ2n) is 10.4. The van der Waals surface area contributed by atoms with Crippen LogP contribution in [0.25, 0.3) is 0 Å². The third kappa shape index (κ3) is 6.22. The lowest BCUT2D eigenvalue weighted by molar-refractivity contribution is -0.139. The van der Waals surface area contributed by atoms with Crippen molar-refractivity contribution in [3.8, 4) is 0 Å². The van der Waals surface area contributed by atoms with E-state index in [0.717, 1.165) is 19.3 Å². The predicted molar refractivity (Wildman–Crippen MR) is 149 cm³/mol. The monoisotopic (exact) mass is 583 g/mol. The van der Waals surface area contributed by atoms with E-state index in [2.05, 4.69) is 16.0 Å². The summed E-state index contributed by atoms with van der Waals surface area (Å²) in [6.07, 6.45) is 1.00. The standard InChI is InChI=1S/C28H30ClN5O7/c29-18-6-9-21-20(14-18)28(41-27(40)32-21)10-13-34(16-28)25(37)22(15-23(35)33-11-2-1-3-12-33)31-24(36)17-4-7-19(8-5-17)30-26(38)39/h4-9,14,22,30H,1-3,10-13,15-16H2,(H,31,36)(H,32,40)(H,38,39)/t22-,28-/m0/s1. The van der Waals surface area contributed by atoms with Crippen LogP contribution in [0.15, 0.2) is 42.5 Å². The molecule has 12 nitrogen and oxygen atoms in total. The first-order valence-corrected chi connectivity index (χ1v) is 13.8. The highest BCUT2D eigenvalue weighted by atomic mass is 35.5. The Bertz CT molecular complexity index is 1380. The number of carboxylic acid groups (broad SMARTS) is 1. The average Bonchev–Trinajstić information content (AvgIpc) is 3.37. The number of hydrogen-bond donors (Lipinski definition) is 4. The Kier molecular flexibility index (Phi) is 8.02. The summed E-state index contributed by atoms with van der Waals surface area (Å²) < 4.78 is 5.73. The van der Waals surface area contributed by atoms with Crippen LogP contribution in [0.3, 0.4) is 0 Å². The molecule has 3 aliphatic heterocycles. The molecule has 41 heavy (non-hydrogen) atoms. The van der Waals surface area contributed by atoms with Gasteiger partial charge >= 0.3 is 12.2 Å². The first kappa shape index (κ1) is 28.2. The van der Waals surface area contributed by atoms with Crippen molar-refractivity contribution in [1.29, 1.82) is 0 Å². The van der Waals surface area contributed by atoms with Crippen LogP contribution in [0.5, 0.6) is 0 Å². The Morgan fingerprint density at radius 3 is 2.46 bits per heavy atom. The maximum absolute atomic E-state index is 13.9. The van der Waals surface area contributed by atoms with Gasteiger partial charge in [-0.25, -0.2) is 9.59 Å². The molecule has 5 amide bonds. The third-order valence-corrected chi connectivity index (χ3v) is 7.87. The molecular weight excluding hydrogens is 554 g/mol. The molecule has 4 N–H and O–H groups in total. The molecule has 3 aliphatic rings. The molecule has 2 aromatic carbocycles. The first-order chi connectivity index (χ1) is 19.6. The van der Waals surface area contributed by atoms with E-state index in [9.17, 15) is 24.0 Å². The van der Waals surface area contributed by atoms with E-state index in [1.54, 1.807) is 23.1 Å². The van der Waals surface area contributed by atoms with E-state index in [0.29, 0.717) is 35.8 Å². The first-order valence-electron chi connectivity index (χ1n) is 13.4. The molecule has 2 fully saturated rings. The van der Waals surface area contributed by atoms with Gasteiger partial charge in [-0.2, -0.15) is 0 Å². The zero-order valence-electron chi connectivity index (χ0n) is 22.2. The van der Waals surface area contributed by atoms with E-state index < -0.39 is 35.6 Å². The van der Waals surface area contributed by atoms with Crippen molar-refractivity contribution in [2.75, 3.05) is 36.8 Å². The second-order valence-corrected chi connectivity index (χ2v) is 10.8. The maximum Gasteiger partial charge on any atom is 0.412 e. The normalized spacial score (nSPS) is 20.5. The van der Waals surface area contributed by atoms with Crippen molar-refractivity contribution in [3.05, 3.63) is 58.6 Å². The number of nitrogens with one attached hydrogen (secondary N) is 3. The Balaban J connectivity index is 1.36. The average molecular weight is 584 g/mol. The number of likely N-dealkylation sites (tertiary alicyclic amines) is 2. The van der Waals surface area contributed by atoms with Crippen LogP contribution in [0, 0.1) is 0 Å². The van der Waals surface area contributed by atoms with Crippen molar-refractivity contribution < 1.29 is 33.8 Å². The molecule has 216 valence electrons. The number of carbonyl (C=O) groups excluding carboxylic acids is 4. The number of fused-ring (bicyclic) bond motifs is 2. The Morgan fingerprint density at radius 1 is 1.02 bits per heavy atom. The van der Waals surface area contributed by atoms with Crippen LogP contribution in [-0.2, 0) is 19.9 Å². The van der Waals surface area contributed by atoms with Gasteiger partial charge in [-0.3, -0.25) is 25.0 Å². The predicted octanol–water partition coefficient (Wildman–Crippen LogP) is 3.62. The van der Waals surface area contributed by atoms with Crippen molar-refractivity contribution in [1.82, 2.24) is 15.1 Å². The summed E-state index contributed by atoms with van der Waals surface area (Å²) in [6.45, 7) is 1.46. The van der Waals surface area contributed by atoms with Crippen LogP contribution >= 0.6 is 11.6 Å². The molecule has 13 heteroatoms. The SMILES string of the molecule is O=C(O)Nc1ccc(C(=O)N[C@@H](CC(=O)N2CCCCC2)C(=O)N2CC[C@@]3(C2)OC(=O)Nc2ccc(Cl)cc23)cc1. The number of halogens is 1. The molecule has 1 spiro atoms. The summed E-state index contributed by atoms with van der Waals surface area (Å²) in [4.78, 5) is 66.7. The van der Waals surface area contributed by atoms with Gasteiger partial charge in [-0.05, 0) is 61.7 Å². The number of anilines is 2. The molecule has 2 aromatic rings. The zero-order valence-corrected chi connectivity index (χ0v) is 22.9. The number of carbonyl (C=O) groups is 5. The molecule has 2 saturated heterocycles. The topological polar surface area (TPSA) is 157 Å². The molecule has 0 radical (unpaired) electrons. The smallest absolute Gasteiger partial charge is 0.412 e. The number of rotatable bonds is 6. The van der Waals surface area contributed by atoms with Crippen LogP contribution < -0.4 is 16.0 Å². The van der Waals surface area contributed by atoms with Crippen molar-refractivity contribution in [2.45, 2.75) is 43.7 Å². The van der Waals surface area contributed by atoms with E-state index in [4.69, 9.17) is 21.4 Å². The molecule has 2 atom stereocenters. The summed E-state index contributed by atoms with van der Waals surface area (Å²) >= 11 is 6.23. The molecule has 0 aromatic heterocycles. The van der Waals surface area contributed by atoms with Gasteiger partial charge in [0.05, 0.1) is 18.7 Å². The van der Waals surface area contributed by atoms with E-state index >= 15 is 0 Å². The second kappa shape index (κ2) is 11.7. The number of nitrogens with zero attached hydrogens (tertiary/aromatic N) is 2. The van der Waals surface area contributed by atoms with Gasteiger partial charge in [0.25, 0.3) is 5.91 Å². The molecule has 0 saturated carbocycles. The quantitative estimate of drug-likeness (QED) is 0.404. The van der Waals surface area contributed by atoms with Gasteiger partial charge < -0.3 is 25.0 Å². The number of hydrogen-bond acceptors (Lipinski definition) is 6. The molecule has 0 aliphatic carbocycles. The lowest BCUT2D eigenvalue weighted by Gasteiger charge is -2.36. The number of piperidine rings is 1. The van der Waals surface area contributed by atoms with E-state index in [-0.39, 0.29) is 36.7 Å². The fourth-order valence-electron chi connectivity index (χ4n) is 5.58. The van der Waals surface area contributed by atoms with E-state index in [1.807, 2.05) is 0 Å². The molecule has 3 heterocycles. The van der Waals surface area contributed by atoms with Crippen molar-refractivity contribution in [2.24, 2.45) is 0 Å². The Hall–Kier alpha value is -4.32.